The van der Waals surface area contributed by atoms with Gasteiger partial charge >= 0.3 is 0 Å². The minimum Gasteiger partial charge on any atom is -0.396 e. The molecule has 0 bridgehead atoms. The van der Waals surface area contributed by atoms with Crippen molar-refractivity contribution in [3.8, 4) is 0 Å². The lowest BCUT2D eigenvalue weighted by atomic mass is 10.2. The zero-order chi connectivity index (χ0) is 12.6. The molecule has 0 spiro atoms. The molecule has 1 aliphatic heterocycles. The van der Waals surface area contributed by atoms with Crippen molar-refractivity contribution in [1.29, 1.82) is 0 Å². The smallest absolute Gasteiger partial charge is 0.0828 e. The molecule has 18 heavy (non-hydrogen) atoms. The van der Waals surface area contributed by atoms with Gasteiger partial charge in [0.15, 0.2) is 0 Å². The summed E-state index contributed by atoms with van der Waals surface area (Å²) in [5.74, 6) is 2.44. The molecular weight excluding hydrogens is 250 g/mol. The van der Waals surface area contributed by atoms with Crippen LogP contribution in [0.15, 0.2) is 6.20 Å². The first kappa shape index (κ1) is 13.8. The zero-order valence-electron chi connectivity index (χ0n) is 10.6. The van der Waals surface area contributed by atoms with E-state index in [0.717, 1.165) is 25.1 Å². The number of aliphatic hydroxyl groups is 1. The van der Waals surface area contributed by atoms with Crippen molar-refractivity contribution in [3.63, 3.8) is 0 Å². The first-order valence-electron chi connectivity index (χ1n) is 6.57. The molecular formula is C12H21N3O2S. The van der Waals surface area contributed by atoms with Crippen LogP contribution >= 0.6 is 11.8 Å². The molecule has 5 nitrogen and oxygen atoms in total. The molecule has 102 valence electrons. The van der Waals surface area contributed by atoms with E-state index in [0.29, 0.717) is 12.7 Å². The zero-order valence-corrected chi connectivity index (χ0v) is 11.4. The highest BCUT2D eigenvalue weighted by molar-refractivity contribution is 7.99. The van der Waals surface area contributed by atoms with E-state index in [1.165, 1.54) is 24.3 Å². The van der Waals surface area contributed by atoms with E-state index in [2.05, 4.69) is 10.3 Å². The highest BCUT2D eigenvalue weighted by atomic mass is 32.2. The third-order valence-corrected chi connectivity index (χ3v) is 4.07. The summed E-state index contributed by atoms with van der Waals surface area (Å²) in [4.78, 5) is 0. The summed E-state index contributed by atoms with van der Waals surface area (Å²) in [5, 5.41) is 16.9. The predicted octanol–water partition coefficient (Wildman–Crippen LogP) is 1.12. The normalized spacial score (nSPS) is 17.2. The Balaban J connectivity index is 1.64. The molecule has 1 fully saturated rings. The van der Waals surface area contributed by atoms with Crippen molar-refractivity contribution in [2.75, 3.05) is 24.7 Å². The molecule has 0 unspecified atom stereocenters. The van der Waals surface area contributed by atoms with Gasteiger partial charge in [-0.2, -0.15) is 11.8 Å². The largest absolute Gasteiger partial charge is 0.396 e. The number of aryl methyl sites for hydroxylation is 1. The molecule has 6 heteroatoms. The van der Waals surface area contributed by atoms with E-state index >= 15 is 0 Å². The maximum absolute atomic E-state index is 8.74. The van der Waals surface area contributed by atoms with Crippen LogP contribution < -0.4 is 0 Å². The summed E-state index contributed by atoms with van der Waals surface area (Å²) in [5.41, 5.74) is 0.943. The Morgan fingerprint density at radius 1 is 1.44 bits per heavy atom. The number of aromatic nitrogens is 3. The minimum atomic E-state index is 0.204. The first-order valence-corrected chi connectivity index (χ1v) is 7.73. The molecule has 0 radical (unpaired) electrons. The van der Waals surface area contributed by atoms with Crippen LogP contribution in [0.4, 0.5) is 0 Å². The molecule has 2 rings (SSSR count). The van der Waals surface area contributed by atoms with Crippen molar-refractivity contribution in [1.82, 2.24) is 15.0 Å². The predicted molar refractivity (Wildman–Crippen MR) is 71.7 cm³/mol. The third kappa shape index (κ3) is 4.59. The second-order valence-corrected chi connectivity index (χ2v) is 5.71. The van der Waals surface area contributed by atoms with Crippen LogP contribution in [0.3, 0.4) is 0 Å². The number of nitrogens with zero attached hydrogens (tertiary/aromatic N) is 3. The molecule has 1 aromatic rings. The van der Waals surface area contributed by atoms with Gasteiger partial charge in [0.1, 0.15) is 0 Å². The number of aliphatic hydroxyl groups excluding tert-OH is 1. The summed E-state index contributed by atoms with van der Waals surface area (Å²) < 4.78 is 7.66. The molecule has 1 aliphatic rings. The summed E-state index contributed by atoms with van der Waals surface area (Å²) in [7, 11) is 0. The Bertz CT molecular complexity index is 340. The lowest BCUT2D eigenvalue weighted by molar-refractivity contribution is 0.0413. The Hall–Kier alpha value is -0.590. The number of thioether (sulfide) groups is 1. The second kappa shape index (κ2) is 7.76. The van der Waals surface area contributed by atoms with Gasteiger partial charge in [-0.25, -0.2) is 4.68 Å². The minimum absolute atomic E-state index is 0.204. The third-order valence-electron chi connectivity index (χ3n) is 3.02. The SMILES string of the molecule is OCCCc1cn(CCOC2CCSCC2)nn1. The quantitative estimate of drug-likeness (QED) is 0.805. The van der Waals surface area contributed by atoms with Crippen LogP contribution in [-0.4, -0.2) is 50.9 Å². The molecule has 0 aliphatic carbocycles. The topological polar surface area (TPSA) is 60.2 Å². The van der Waals surface area contributed by atoms with Gasteiger partial charge in [0.25, 0.3) is 0 Å². The highest BCUT2D eigenvalue weighted by Gasteiger charge is 2.13. The molecule has 1 aromatic heterocycles. The molecule has 1 N–H and O–H groups in total. The van der Waals surface area contributed by atoms with Crippen molar-refractivity contribution in [3.05, 3.63) is 11.9 Å². The standard InChI is InChI=1S/C12H21N3O2S/c16-6-1-2-11-10-15(14-13-11)5-7-17-12-3-8-18-9-4-12/h10,12,16H,1-9H2. The average Bonchev–Trinajstić information content (AvgIpc) is 2.85. The van der Waals surface area contributed by atoms with E-state index in [9.17, 15) is 0 Å². The van der Waals surface area contributed by atoms with Crippen LogP contribution in [0.25, 0.3) is 0 Å². The van der Waals surface area contributed by atoms with Gasteiger partial charge in [0.05, 0.1) is 24.9 Å². The first-order chi connectivity index (χ1) is 8.88. The van der Waals surface area contributed by atoms with Gasteiger partial charge in [0.2, 0.25) is 0 Å². The van der Waals surface area contributed by atoms with Gasteiger partial charge in [0, 0.05) is 12.8 Å². The Labute approximate surface area is 112 Å². The van der Waals surface area contributed by atoms with Gasteiger partial charge in [-0.15, -0.1) is 5.10 Å². The van der Waals surface area contributed by atoms with Crippen molar-refractivity contribution in [2.45, 2.75) is 38.3 Å². The van der Waals surface area contributed by atoms with E-state index in [1.807, 2.05) is 22.6 Å². The number of rotatable bonds is 7. The van der Waals surface area contributed by atoms with E-state index in [-0.39, 0.29) is 6.61 Å². The number of hydrogen-bond donors (Lipinski definition) is 1. The van der Waals surface area contributed by atoms with E-state index in [4.69, 9.17) is 9.84 Å². The Morgan fingerprint density at radius 3 is 3.06 bits per heavy atom. The van der Waals surface area contributed by atoms with Gasteiger partial charge in [-0.3, -0.25) is 0 Å². The summed E-state index contributed by atoms with van der Waals surface area (Å²) >= 11 is 2.01. The molecule has 0 amide bonds. The fourth-order valence-electron chi connectivity index (χ4n) is 1.98. The maximum atomic E-state index is 8.74. The van der Waals surface area contributed by atoms with Gasteiger partial charge < -0.3 is 9.84 Å². The van der Waals surface area contributed by atoms with Crippen LogP contribution in [0.5, 0.6) is 0 Å². The molecule has 2 heterocycles. The van der Waals surface area contributed by atoms with Crippen LogP contribution in [0.2, 0.25) is 0 Å². The van der Waals surface area contributed by atoms with E-state index < -0.39 is 0 Å². The molecule has 1 saturated heterocycles. The molecule has 0 aromatic carbocycles. The Morgan fingerprint density at radius 2 is 2.28 bits per heavy atom. The molecule has 0 saturated carbocycles. The summed E-state index contributed by atoms with van der Waals surface area (Å²) in [6.07, 6.45) is 6.25. The fraction of sp³-hybridized carbons (Fsp3) is 0.833. The van der Waals surface area contributed by atoms with Crippen LogP contribution in [0.1, 0.15) is 25.0 Å². The second-order valence-electron chi connectivity index (χ2n) is 4.48. The van der Waals surface area contributed by atoms with Crippen molar-refractivity contribution in [2.24, 2.45) is 0 Å². The Kier molecular flexibility index (Phi) is 5.96. The van der Waals surface area contributed by atoms with Crippen LogP contribution in [-0.2, 0) is 17.7 Å². The van der Waals surface area contributed by atoms with E-state index in [1.54, 1.807) is 0 Å². The summed E-state index contributed by atoms with van der Waals surface area (Å²) in [6.45, 7) is 1.67. The van der Waals surface area contributed by atoms with Crippen molar-refractivity contribution >= 4 is 11.8 Å². The number of ether oxygens (including phenoxy) is 1. The lowest BCUT2D eigenvalue weighted by Gasteiger charge is -2.21. The van der Waals surface area contributed by atoms with Gasteiger partial charge in [-0.05, 0) is 37.2 Å². The monoisotopic (exact) mass is 271 g/mol. The summed E-state index contributed by atoms with van der Waals surface area (Å²) in [6, 6.07) is 0. The highest BCUT2D eigenvalue weighted by Crippen LogP contribution is 2.19. The number of hydrogen-bond acceptors (Lipinski definition) is 5. The molecule has 0 atom stereocenters. The average molecular weight is 271 g/mol. The maximum Gasteiger partial charge on any atom is 0.0828 e. The fourth-order valence-corrected chi connectivity index (χ4v) is 3.04. The van der Waals surface area contributed by atoms with Crippen LogP contribution in [0, 0.1) is 0 Å². The van der Waals surface area contributed by atoms with Gasteiger partial charge in [-0.1, -0.05) is 5.21 Å². The van der Waals surface area contributed by atoms with Crippen molar-refractivity contribution < 1.29 is 9.84 Å². The lowest BCUT2D eigenvalue weighted by Crippen LogP contribution is -2.21.